The van der Waals surface area contributed by atoms with Crippen molar-refractivity contribution >= 4 is 33.2 Å². The molecule has 2 rings (SSSR count). The maximum atomic E-state index is 12.4. The summed E-state index contributed by atoms with van der Waals surface area (Å²) in [4.78, 5) is 0. The highest BCUT2D eigenvalue weighted by Crippen LogP contribution is 2.30. The maximum Gasteiger partial charge on any atom is 0.216 e. The van der Waals surface area contributed by atoms with Crippen molar-refractivity contribution in [1.82, 2.24) is 4.31 Å². The topological polar surface area (TPSA) is 46.6 Å². The third-order valence-electron chi connectivity index (χ3n) is 3.79. The first-order valence-corrected chi connectivity index (χ1v) is 9.01. The normalized spacial score (nSPS) is 23.5. The Bertz CT molecular complexity index is 604. The third-order valence-corrected chi connectivity index (χ3v) is 6.78. The van der Waals surface area contributed by atoms with Gasteiger partial charge < -0.3 is 4.74 Å². The van der Waals surface area contributed by atoms with Gasteiger partial charge in [0.25, 0.3) is 0 Å². The van der Waals surface area contributed by atoms with Crippen molar-refractivity contribution in [3.05, 3.63) is 33.8 Å². The third kappa shape index (κ3) is 3.90. The first-order valence-electron chi connectivity index (χ1n) is 6.75. The second-order valence-corrected chi connectivity index (χ2v) is 8.64. The first kappa shape index (κ1) is 17.0. The Hall–Kier alpha value is -0.330. The van der Waals surface area contributed by atoms with E-state index in [9.17, 15) is 8.42 Å². The van der Waals surface area contributed by atoms with E-state index in [1.165, 1.54) is 4.31 Å². The molecule has 0 radical (unpaired) electrons. The van der Waals surface area contributed by atoms with Crippen molar-refractivity contribution in [2.24, 2.45) is 5.92 Å². The van der Waals surface area contributed by atoms with Gasteiger partial charge in [-0.25, -0.2) is 12.7 Å². The quantitative estimate of drug-likeness (QED) is 0.837. The summed E-state index contributed by atoms with van der Waals surface area (Å²) in [6, 6.07) is 5.29. The van der Waals surface area contributed by atoms with Crippen molar-refractivity contribution in [3.8, 4) is 0 Å². The zero-order chi connectivity index (χ0) is 15.6. The summed E-state index contributed by atoms with van der Waals surface area (Å²) >= 11 is 12.1. The number of nitrogens with zero attached hydrogens (tertiary/aromatic N) is 1. The molecule has 1 heterocycles. The SMILES string of the molecule is CN(C)S(=O)(=O)[C@@H]1CCOC[C@H]1Cc1ccc(Cl)cc1Cl. The minimum absolute atomic E-state index is 0.107. The van der Waals surface area contributed by atoms with Crippen LogP contribution in [-0.4, -0.2) is 45.3 Å². The Labute approximate surface area is 136 Å². The highest BCUT2D eigenvalue weighted by Gasteiger charge is 2.37. The largest absolute Gasteiger partial charge is 0.381 e. The summed E-state index contributed by atoms with van der Waals surface area (Å²) in [5, 5.41) is 0.697. The van der Waals surface area contributed by atoms with E-state index < -0.39 is 15.3 Å². The molecule has 0 spiro atoms. The molecule has 1 aliphatic heterocycles. The van der Waals surface area contributed by atoms with Gasteiger partial charge in [0.2, 0.25) is 10.0 Å². The highest BCUT2D eigenvalue weighted by molar-refractivity contribution is 7.89. The van der Waals surface area contributed by atoms with Gasteiger partial charge in [-0.2, -0.15) is 0 Å². The van der Waals surface area contributed by atoms with Crippen molar-refractivity contribution in [3.63, 3.8) is 0 Å². The fourth-order valence-corrected chi connectivity index (χ4v) is 4.68. The van der Waals surface area contributed by atoms with Crippen LogP contribution in [0.2, 0.25) is 10.0 Å². The van der Waals surface area contributed by atoms with Crippen molar-refractivity contribution < 1.29 is 13.2 Å². The molecule has 1 aromatic rings. The summed E-state index contributed by atoms with van der Waals surface area (Å²) in [5.41, 5.74) is 0.899. The second kappa shape index (κ2) is 6.84. The molecule has 1 aliphatic rings. The van der Waals surface area contributed by atoms with Gasteiger partial charge in [-0.15, -0.1) is 0 Å². The first-order chi connectivity index (χ1) is 9.82. The number of hydrogen-bond donors (Lipinski definition) is 0. The molecular weight excluding hydrogens is 333 g/mol. The van der Waals surface area contributed by atoms with E-state index in [4.69, 9.17) is 27.9 Å². The van der Waals surface area contributed by atoms with E-state index in [-0.39, 0.29) is 5.92 Å². The van der Waals surface area contributed by atoms with Gasteiger partial charge >= 0.3 is 0 Å². The Kier molecular flexibility index (Phi) is 5.54. The average molecular weight is 352 g/mol. The maximum absolute atomic E-state index is 12.4. The van der Waals surface area contributed by atoms with Gasteiger partial charge in [0.05, 0.1) is 11.9 Å². The number of sulfonamides is 1. The smallest absolute Gasteiger partial charge is 0.216 e. The molecule has 2 atom stereocenters. The molecule has 0 aliphatic carbocycles. The Morgan fingerprint density at radius 3 is 2.67 bits per heavy atom. The van der Waals surface area contributed by atoms with Crippen LogP contribution in [0.4, 0.5) is 0 Å². The Balaban J connectivity index is 2.23. The van der Waals surface area contributed by atoms with Crippen LogP contribution in [0.15, 0.2) is 18.2 Å². The zero-order valence-electron chi connectivity index (χ0n) is 12.1. The van der Waals surface area contributed by atoms with Gasteiger partial charge in [0.15, 0.2) is 0 Å². The van der Waals surface area contributed by atoms with Crippen LogP contribution < -0.4 is 0 Å². The lowest BCUT2D eigenvalue weighted by Crippen LogP contribution is -2.44. The Morgan fingerprint density at radius 2 is 2.05 bits per heavy atom. The molecule has 0 unspecified atom stereocenters. The van der Waals surface area contributed by atoms with Gasteiger partial charge in [-0.05, 0) is 30.5 Å². The molecule has 4 nitrogen and oxygen atoms in total. The minimum Gasteiger partial charge on any atom is -0.381 e. The summed E-state index contributed by atoms with van der Waals surface area (Å²) in [5.74, 6) is -0.107. The van der Waals surface area contributed by atoms with Crippen molar-refractivity contribution in [2.75, 3.05) is 27.3 Å². The average Bonchev–Trinajstić information content (AvgIpc) is 2.42. The monoisotopic (exact) mass is 351 g/mol. The fraction of sp³-hybridized carbons (Fsp3) is 0.571. The van der Waals surface area contributed by atoms with E-state index in [0.717, 1.165) is 5.56 Å². The number of benzene rings is 1. The fourth-order valence-electron chi connectivity index (χ4n) is 2.60. The van der Waals surface area contributed by atoms with E-state index >= 15 is 0 Å². The van der Waals surface area contributed by atoms with Crippen LogP contribution in [-0.2, 0) is 21.2 Å². The molecule has 0 N–H and O–H groups in total. The van der Waals surface area contributed by atoms with Crippen molar-refractivity contribution in [2.45, 2.75) is 18.1 Å². The van der Waals surface area contributed by atoms with Crippen LogP contribution in [0.3, 0.4) is 0 Å². The summed E-state index contributed by atoms with van der Waals surface area (Å²) in [6.45, 7) is 0.902. The second-order valence-electron chi connectivity index (χ2n) is 5.43. The predicted molar refractivity (Wildman–Crippen MR) is 85.5 cm³/mol. The summed E-state index contributed by atoms with van der Waals surface area (Å²) in [6.07, 6.45) is 1.07. The van der Waals surface area contributed by atoms with E-state index in [2.05, 4.69) is 0 Å². The van der Waals surface area contributed by atoms with Crippen LogP contribution in [0.1, 0.15) is 12.0 Å². The number of hydrogen-bond acceptors (Lipinski definition) is 3. The molecule has 1 fully saturated rings. The van der Waals surface area contributed by atoms with E-state index in [1.807, 2.05) is 6.07 Å². The summed E-state index contributed by atoms with van der Waals surface area (Å²) < 4.78 is 31.6. The molecule has 21 heavy (non-hydrogen) atoms. The number of ether oxygens (including phenoxy) is 1. The highest BCUT2D eigenvalue weighted by atomic mass is 35.5. The lowest BCUT2D eigenvalue weighted by Gasteiger charge is -2.33. The number of halogens is 2. The molecule has 7 heteroatoms. The molecule has 0 amide bonds. The number of rotatable bonds is 4. The molecule has 0 bridgehead atoms. The van der Waals surface area contributed by atoms with Gasteiger partial charge in [-0.3, -0.25) is 0 Å². The summed E-state index contributed by atoms with van der Waals surface area (Å²) in [7, 11) is -0.173. The van der Waals surface area contributed by atoms with Gasteiger partial charge in [0, 0.05) is 36.7 Å². The van der Waals surface area contributed by atoms with Crippen LogP contribution in [0.5, 0.6) is 0 Å². The lowest BCUT2D eigenvalue weighted by molar-refractivity contribution is 0.0563. The lowest BCUT2D eigenvalue weighted by atomic mass is 9.93. The van der Waals surface area contributed by atoms with Gasteiger partial charge in [0.1, 0.15) is 0 Å². The zero-order valence-corrected chi connectivity index (χ0v) is 14.4. The van der Waals surface area contributed by atoms with E-state index in [1.54, 1.807) is 26.2 Å². The van der Waals surface area contributed by atoms with Crippen molar-refractivity contribution in [1.29, 1.82) is 0 Å². The molecule has 1 saturated heterocycles. The van der Waals surface area contributed by atoms with Crippen LogP contribution >= 0.6 is 23.2 Å². The van der Waals surface area contributed by atoms with Crippen LogP contribution in [0, 0.1) is 5.92 Å². The minimum atomic E-state index is -3.31. The van der Waals surface area contributed by atoms with Crippen LogP contribution in [0.25, 0.3) is 0 Å². The molecular formula is C14H19Cl2NO3S. The molecule has 0 aromatic heterocycles. The molecule has 1 aromatic carbocycles. The van der Waals surface area contributed by atoms with Gasteiger partial charge in [-0.1, -0.05) is 29.3 Å². The molecule has 118 valence electrons. The molecule has 0 saturated carbocycles. The van der Waals surface area contributed by atoms with E-state index in [0.29, 0.717) is 36.1 Å². The Morgan fingerprint density at radius 1 is 1.33 bits per heavy atom. The standard InChI is InChI=1S/C14H19Cl2NO3S/c1-17(2)21(18,19)14-5-6-20-9-11(14)7-10-3-4-12(15)8-13(10)16/h3-4,8,11,14H,5-7,9H2,1-2H3/t11-,14-/m1/s1. The predicted octanol–water partition coefficient (Wildman–Crippen LogP) is 2.83.